The first-order valence-electron chi connectivity index (χ1n) is 6.20. The van der Waals surface area contributed by atoms with E-state index in [2.05, 4.69) is 15.7 Å². The zero-order valence-corrected chi connectivity index (χ0v) is 11.3. The summed E-state index contributed by atoms with van der Waals surface area (Å²) in [5.41, 5.74) is 0.722. The van der Waals surface area contributed by atoms with Gasteiger partial charge in [0.2, 0.25) is 5.91 Å². The lowest BCUT2D eigenvalue weighted by atomic mass is 10.1. The van der Waals surface area contributed by atoms with Crippen LogP contribution in [0.25, 0.3) is 0 Å². The Kier molecular flexibility index (Phi) is 6.38. The van der Waals surface area contributed by atoms with E-state index in [4.69, 9.17) is 4.74 Å². The zero-order chi connectivity index (χ0) is 13.4. The predicted molar refractivity (Wildman–Crippen MR) is 70.4 cm³/mol. The van der Waals surface area contributed by atoms with Crippen LogP contribution in [0.1, 0.15) is 13.8 Å². The lowest BCUT2D eigenvalue weighted by molar-refractivity contribution is -0.119. The molecule has 1 aromatic heterocycles. The molecule has 0 radical (unpaired) electrons. The Hall–Kier alpha value is -1.40. The molecule has 0 saturated carbocycles. The van der Waals surface area contributed by atoms with Gasteiger partial charge < -0.3 is 15.4 Å². The molecule has 6 heteroatoms. The number of carbonyl (C=O) groups is 1. The first kappa shape index (κ1) is 14.7. The first-order chi connectivity index (χ1) is 8.67. The van der Waals surface area contributed by atoms with Crippen molar-refractivity contribution >= 4 is 11.6 Å². The number of aromatic nitrogens is 2. The number of nitrogens with zero attached hydrogens (tertiary/aromatic N) is 2. The molecule has 0 bridgehead atoms. The van der Waals surface area contributed by atoms with Crippen LogP contribution in [-0.4, -0.2) is 42.5 Å². The van der Waals surface area contributed by atoms with Gasteiger partial charge in [0.05, 0.1) is 25.0 Å². The number of ether oxygens (including phenoxy) is 1. The van der Waals surface area contributed by atoms with Crippen LogP contribution >= 0.6 is 0 Å². The number of hydrogen-bond donors (Lipinski definition) is 2. The van der Waals surface area contributed by atoms with Gasteiger partial charge in [0.15, 0.2) is 0 Å². The molecule has 1 atom stereocenters. The van der Waals surface area contributed by atoms with Gasteiger partial charge in [0.25, 0.3) is 0 Å². The first-order valence-corrected chi connectivity index (χ1v) is 6.20. The number of hydrogen-bond acceptors (Lipinski definition) is 4. The lowest BCUT2D eigenvalue weighted by Crippen LogP contribution is -2.30. The lowest BCUT2D eigenvalue weighted by Gasteiger charge is -2.10. The van der Waals surface area contributed by atoms with E-state index >= 15 is 0 Å². The molecular formula is C12H22N4O2. The van der Waals surface area contributed by atoms with Crippen LogP contribution in [0.3, 0.4) is 0 Å². The fraction of sp³-hybridized carbons (Fsp3) is 0.667. The quantitative estimate of drug-likeness (QED) is 0.717. The van der Waals surface area contributed by atoms with Gasteiger partial charge in [-0.05, 0) is 6.54 Å². The molecule has 1 amide bonds. The van der Waals surface area contributed by atoms with Crippen molar-refractivity contribution in [3.63, 3.8) is 0 Å². The average Bonchev–Trinajstić information content (AvgIpc) is 2.80. The maximum Gasteiger partial charge on any atom is 0.228 e. The molecule has 1 unspecified atom stereocenters. The molecule has 1 heterocycles. The van der Waals surface area contributed by atoms with Crippen LogP contribution in [0.2, 0.25) is 0 Å². The van der Waals surface area contributed by atoms with Crippen molar-refractivity contribution < 1.29 is 9.53 Å². The molecule has 0 aliphatic carbocycles. The molecule has 6 nitrogen and oxygen atoms in total. The summed E-state index contributed by atoms with van der Waals surface area (Å²) >= 11 is 0. The topological polar surface area (TPSA) is 68.2 Å². The van der Waals surface area contributed by atoms with E-state index in [1.807, 2.05) is 13.8 Å². The van der Waals surface area contributed by atoms with Crippen LogP contribution in [-0.2, 0) is 16.1 Å². The number of carbonyl (C=O) groups excluding carboxylic acids is 1. The fourth-order valence-corrected chi connectivity index (χ4v) is 1.45. The minimum absolute atomic E-state index is 0.00208. The Morgan fingerprint density at radius 3 is 3.06 bits per heavy atom. The number of amides is 1. The van der Waals surface area contributed by atoms with E-state index in [0.29, 0.717) is 19.7 Å². The summed E-state index contributed by atoms with van der Waals surface area (Å²) in [6.07, 6.45) is 3.45. The third kappa shape index (κ3) is 4.85. The van der Waals surface area contributed by atoms with E-state index < -0.39 is 0 Å². The van der Waals surface area contributed by atoms with E-state index in [-0.39, 0.29) is 11.8 Å². The minimum atomic E-state index is -0.0627. The van der Waals surface area contributed by atoms with Gasteiger partial charge >= 0.3 is 0 Å². The van der Waals surface area contributed by atoms with Gasteiger partial charge in [0.1, 0.15) is 0 Å². The van der Waals surface area contributed by atoms with Gasteiger partial charge in [-0.1, -0.05) is 13.8 Å². The minimum Gasteiger partial charge on any atom is -0.383 e. The highest BCUT2D eigenvalue weighted by molar-refractivity contribution is 5.92. The van der Waals surface area contributed by atoms with Crippen molar-refractivity contribution in [3.8, 4) is 0 Å². The van der Waals surface area contributed by atoms with Crippen LogP contribution in [0.15, 0.2) is 12.4 Å². The maximum absolute atomic E-state index is 11.8. The van der Waals surface area contributed by atoms with Crippen molar-refractivity contribution in [1.82, 2.24) is 15.1 Å². The highest BCUT2D eigenvalue weighted by Gasteiger charge is 2.12. The second-order valence-corrected chi connectivity index (χ2v) is 4.18. The number of methoxy groups -OCH3 is 1. The van der Waals surface area contributed by atoms with Gasteiger partial charge in [-0.3, -0.25) is 9.48 Å². The number of anilines is 1. The summed E-state index contributed by atoms with van der Waals surface area (Å²) in [6, 6.07) is 0. The summed E-state index contributed by atoms with van der Waals surface area (Å²) in [4.78, 5) is 11.8. The molecular weight excluding hydrogens is 232 g/mol. The molecule has 0 fully saturated rings. The Balaban J connectivity index is 2.41. The molecule has 0 aliphatic heterocycles. The predicted octanol–water partition coefficient (Wildman–Crippen LogP) is 0.714. The summed E-state index contributed by atoms with van der Waals surface area (Å²) in [7, 11) is 1.65. The van der Waals surface area contributed by atoms with E-state index in [1.54, 1.807) is 24.2 Å². The zero-order valence-electron chi connectivity index (χ0n) is 11.3. The summed E-state index contributed by atoms with van der Waals surface area (Å²) < 4.78 is 6.71. The summed E-state index contributed by atoms with van der Waals surface area (Å²) in [6.45, 7) is 6.75. The smallest absolute Gasteiger partial charge is 0.228 e. The van der Waals surface area contributed by atoms with Crippen molar-refractivity contribution in [1.29, 1.82) is 0 Å². The largest absolute Gasteiger partial charge is 0.383 e. The Morgan fingerprint density at radius 1 is 1.61 bits per heavy atom. The second kappa shape index (κ2) is 7.84. The van der Waals surface area contributed by atoms with E-state index in [9.17, 15) is 4.79 Å². The highest BCUT2D eigenvalue weighted by Crippen LogP contribution is 2.07. The molecule has 2 N–H and O–H groups in total. The van der Waals surface area contributed by atoms with Crippen LogP contribution in [0.5, 0.6) is 0 Å². The van der Waals surface area contributed by atoms with E-state index in [1.165, 1.54) is 0 Å². The molecule has 0 saturated heterocycles. The SMILES string of the molecule is CCNCC(C)C(=O)Nc1cnn(CCOC)c1. The van der Waals surface area contributed by atoms with Gasteiger partial charge in [-0.25, -0.2) is 0 Å². The van der Waals surface area contributed by atoms with Gasteiger partial charge in [-0.2, -0.15) is 5.10 Å². The second-order valence-electron chi connectivity index (χ2n) is 4.18. The molecule has 0 aliphatic rings. The monoisotopic (exact) mass is 254 g/mol. The van der Waals surface area contributed by atoms with E-state index in [0.717, 1.165) is 12.2 Å². The maximum atomic E-state index is 11.8. The molecule has 1 aromatic rings. The third-order valence-electron chi connectivity index (χ3n) is 2.57. The van der Waals surface area contributed by atoms with Crippen molar-refractivity contribution in [2.75, 3.05) is 32.1 Å². The van der Waals surface area contributed by atoms with Crippen molar-refractivity contribution in [3.05, 3.63) is 12.4 Å². The number of nitrogens with one attached hydrogen (secondary N) is 2. The Bertz CT molecular complexity index is 365. The van der Waals surface area contributed by atoms with Gasteiger partial charge in [0, 0.05) is 25.8 Å². The molecule has 0 spiro atoms. The standard InChI is InChI=1S/C12H22N4O2/c1-4-13-7-10(2)12(17)15-11-8-14-16(9-11)5-6-18-3/h8-10,13H,4-7H2,1-3H3,(H,15,17). The molecule has 0 aromatic carbocycles. The highest BCUT2D eigenvalue weighted by atomic mass is 16.5. The van der Waals surface area contributed by atoms with Crippen LogP contribution < -0.4 is 10.6 Å². The fourth-order valence-electron chi connectivity index (χ4n) is 1.45. The number of rotatable bonds is 8. The summed E-state index contributed by atoms with van der Waals surface area (Å²) in [5, 5.41) is 10.1. The van der Waals surface area contributed by atoms with Crippen LogP contribution in [0, 0.1) is 5.92 Å². The Labute approximate surface area is 108 Å². The van der Waals surface area contributed by atoms with Gasteiger partial charge in [-0.15, -0.1) is 0 Å². The van der Waals surface area contributed by atoms with Crippen LogP contribution in [0.4, 0.5) is 5.69 Å². The summed E-state index contributed by atoms with van der Waals surface area (Å²) in [5.74, 6) is -0.0606. The molecule has 102 valence electrons. The average molecular weight is 254 g/mol. The van der Waals surface area contributed by atoms with Crippen molar-refractivity contribution in [2.45, 2.75) is 20.4 Å². The van der Waals surface area contributed by atoms with Crippen molar-refractivity contribution in [2.24, 2.45) is 5.92 Å². The molecule has 1 rings (SSSR count). The third-order valence-corrected chi connectivity index (χ3v) is 2.57. The molecule has 18 heavy (non-hydrogen) atoms. The Morgan fingerprint density at radius 2 is 2.39 bits per heavy atom. The normalized spacial score (nSPS) is 12.4.